The number of ether oxygens (including phenoxy) is 1. The van der Waals surface area contributed by atoms with Gasteiger partial charge in [-0.2, -0.15) is 0 Å². The number of pyridine rings is 1. The van der Waals surface area contributed by atoms with Crippen LogP contribution in [0.1, 0.15) is 42.5 Å². The Morgan fingerprint density at radius 1 is 1.24 bits per heavy atom. The largest absolute Gasteiger partial charge is 0.456 e. The highest BCUT2D eigenvalue weighted by Crippen LogP contribution is 2.28. The van der Waals surface area contributed by atoms with Crippen molar-refractivity contribution in [2.75, 3.05) is 0 Å². The lowest BCUT2D eigenvalue weighted by Crippen LogP contribution is -2.41. The zero-order chi connectivity index (χ0) is 17.6. The molecule has 2 aromatic rings. The minimum Gasteiger partial charge on any atom is -0.456 e. The van der Waals surface area contributed by atoms with Crippen molar-refractivity contribution in [1.29, 1.82) is 0 Å². The van der Waals surface area contributed by atoms with E-state index in [0.29, 0.717) is 16.5 Å². The lowest BCUT2D eigenvalue weighted by molar-refractivity contribution is 0.0463. The molecule has 1 amide bonds. The molecular weight excluding hydrogens is 340 g/mol. The highest BCUT2D eigenvalue weighted by Gasteiger charge is 2.24. The molecule has 1 fully saturated rings. The van der Waals surface area contributed by atoms with E-state index in [4.69, 9.17) is 16.3 Å². The molecule has 132 valence electrons. The molecule has 3 rings (SSSR count). The molecule has 1 atom stereocenters. The Hall–Kier alpha value is -2.11. The second kappa shape index (κ2) is 8.32. The molecule has 2 N–H and O–H groups in total. The van der Waals surface area contributed by atoms with Crippen molar-refractivity contribution in [3.05, 3.63) is 53.3 Å². The second-order valence-corrected chi connectivity index (χ2v) is 6.66. The molecule has 1 heterocycles. The molecule has 1 saturated carbocycles. The van der Waals surface area contributed by atoms with Crippen molar-refractivity contribution in [1.82, 2.24) is 10.3 Å². The fourth-order valence-corrected chi connectivity index (χ4v) is 3.27. The highest BCUT2D eigenvalue weighted by atomic mass is 35.5. The number of hydrogen-bond donors (Lipinski definition) is 2. The summed E-state index contributed by atoms with van der Waals surface area (Å²) in [7, 11) is 0. The van der Waals surface area contributed by atoms with E-state index in [1.54, 1.807) is 42.7 Å². The first-order chi connectivity index (χ1) is 12.1. The summed E-state index contributed by atoms with van der Waals surface area (Å²) in [6.07, 6.45) is 7.61. The van der Waals surface area contributed by atoms with Gasteiger partial charge in [-0.3, -0.25) is 9.78 Å². The molecule has 0 bridgehead atoms. The standard InChI is InChI=1S/C19H21ClN2O3/c20-17-9-8-14(25-15-7-4-10-21-12-15)11-16(17)19(24)22-18(23)13-5-2-1-3-6-13/h4,7-13,18,23H,1-3,5-6H2,(H,22,24). The summed E-state index contributed by atoms with van der Waals surface area (Å²) < 4.78 is 5.68. The second-order valence-electron chi connectivity index (χ2n) is 6.25. The molecule has 1 aliphatic carbocycles. The number of halogens is 1. The Kier molecular flexibility index (Phi) is 5.89. The topological polar surface area (TPSA) is 71.5 Å². The third kappa shape index (κ3) is 4.71. The number of aliphatic hydroxyl groups excluding tert-OH is 1. The average Bonchev–Trinajstić information content (AvgIpc) is 2.65. The number of aromatic nitrogens is 1. The van der Waals surface area contributed by atoms with Crippen LogP contribution >= 0.6 is 11.6 Å². The van der Waals surface area contributed by atoms with E-state index in [2.05, 4.69) is 10.3 Å². The predicted octanol–water partition coefficient (Wildman–Crippen LogP) is 4.16. The van der Waals surface area contributed by atoms with Gasteiger partial charge in [-0.05, 0) is 43.2 Å². The smallest absolute Gasteiger partial charge is 0.254 e. The number of rotatable bonds is 5. The third-order valence-electron chi connectivity index (χ3n) is 4.43. The molecule has 1 aliphatic rings. The van der Waals surface area contributed by atoms with Gasteiger partial charge in [0.1, 0.15) is 17.7 Å². The summed E-state index contributed by atoms with van der Waals surface area (Å²) in [4.78, 5) is 16.5. The molecule has 0 saturated heterocycles. The van der Waals surface area contributed by atoms with Gasteiger partial charge in [0.2, 0.25) is 0 Å². The Labute approximate surface area is 152 Å². The maximum Gasteiger partial charge on any atom is 0.254 e. The zero-order valence-corrected chi connectivity index (χ0v) is 14.6. The molecule has 5 nitrogen and oxygen atoms in total. The number of benzene rings is 1. The molecular formula is C19H21ClN2O3. The van der Waals surface area contributed by atoms with E-state index in [1.165, 1.54) is 6.42 Å². The number of carbonyl (C=O) groups is 1. The number of aliphatic hydroxyl groups is 1. The minimum atomic E-state index is -0.855. The summed E-state index contributed by atoms with van der Waals surface area (Å²) in [6.45, 7) is 0. The van der Waals surface area contributed by atoms with Crippen LogP contribution in [0.4, 0.5) is 0 Å². The van der Waals surface area contributed by atoms with Gasteiger partial charge < -0.3 is 15.2 Å². The van der Waals surface area contributed by atoms with Crippen LogP contribution < -0.4 is 10.1 Å². The Morgan fingerprint density at radius 2 is 2.04 bits per heavy atom. The van der Waals surface area contributed by atoms with Crippen LogP contribution in [0.2, 0.25) is 5.02 Å². The van der Waals surface area contributed by atoms with Crippen LogP contribution in [0.5, 0.6) is 11.5 Å². The van der Waals surface area contributed by atoms with Crippen LogP contribution in [-0.4, -0.2) is 22.2 Å². The SMILES string of the molecule is O=C(NC(O)C1CCCCC1)c1cc(Oc2cccnc2)ccc1Cl. The van der Waals surface area contributed by atoms with Crippen LogP contribution in [0, 0.1) is 5.92 Å². The summed E-state index contributed by atoms with van der Waals surface area (Å²) in [5.41, 5.74) is 0.276. The number of nitrogens with zero attached hydrogens (tertiary/aromatic N) is 1. The van der Waals surface area contributed by atoms with Crippen LogP contribution in [0.15, 0.2) is 42.7 Å². The van der Waals surface area contributed by atoms with Crippen molar-refractivity contribution in [3.63, 3.8) is 0 Å². The monoisotopic (exact) mass is 360 g/mol. The summed E-state index contributed by atoms with van der Waals surface area (Å²) in [5, 5.41) is 13.3. The van der Waals surface area contributed by atoms with E-state index in [9.17, 15) is 9.90 Å². The lowest BCUT2D eigenvalue weighted by Gasteiger charge is -2.27. The van der Waals surface area contributed by atoms with Gasteiger partial charge in [-0.15, -0.1) is 0 Å². The number of amides is 1. The Balaban J connectivity index is 1.69. The summed E-state index contributed by atoms with van der Waals surface area (Å²) in [5.74, 6) is 0.749. The summed E-state index contributed by atoms with van der Waals surface area (Å²) in [6, 6.07) is 8.39. The van der Waals surface area contributed by atoms with Gasteiger partial charge in [-0.25, -0.2) is 0 Å². The zero-order valence-electron chi connectivity index (χ0n) is 13.8. The number of hydrogen-bond acceptors (Lipinski definition) is 4. The normalized spacial score (nSPS) is 16.2. The van der Waals surface area contributed by atoms with Crippen LogP contribution in [0.25, 0.3) is 0 Å². The third-order valence-corrected chi connectivity index (χ3v) is 4.76. The van der Waals surface area contributed by atoms with Gasteiger partial charge in [0.25, 0.3) is 5.91 Å². The fourth-order valence-electron chi connectivity index (χ4n) is 3.07. The molecule has 0 radical (unpaired) electrons. The maximum atomic E-state index is 12.5. The van der Waals surface area contributed by atoms with Gasteiger partial charge >= 0.3 is 0 Å². The van der Waals surface area contributed by atoms with E-state index in [-0.39, 0.29) is 11.5 Å². The van der Waals surface area contributed by atoms with E-state index < -0.39 is 12.1 Å². The molecule has 25 heavy (non-hydrogen) atoms. The quantitative estimate of drug-likeness (QED) is 0.785. The first-order valence-corrected chi connectivity index (χ1v) is 8.87. The van der Waals surface area contributed by atoms with Crippen LogP contribution in [0.3, 0.4) is 0 Å². The lowest BCUT2D eigenvalue weighted by atomic mass is 9.88. The van der Waals surface area contributed by atoms with Gasteiger partial charge in [0.15, 0.2) is 0 Å². The van der Waals surface area contributed by atoms with Crippen molar-refractivity contribution in [2.45, 2.75) is 38.3 Å². The highest BCUT2D eigenvalue weighted by molar-refractivity contribution is 6.33. The van der Waals surface area contributed by atoms with Gasteiger partial charge in [-0.1, -0.05) is 30.9 Å². The van der Waals surface area contributed by atoms with Crippen molar-refractivity contribution in [3.8, 4) is 11.5 Å². The van der Waals surface area contributed by atoms with Crippen molar-refractivity contribution < 1.29 is 14.6 Å². The molecule has 1 unspecified atom stereocenters. The van der Waals surface area contributed by atoms with E-state index >= 15 is 0 Å². The van der Waals surface area contributed by atoms with Crippen molar-refractivity contribution in [2.24, 2.45) is 5.92 Å². The maximum absolute atomic E-state index is 12.5. The van der Waals surface area contributed by atoms with Crippen LogP contribution in [-0.2, 0) is 0 Å². The molecule has 0 aliphatic heterocycles. The van der Waals surface area contributed by atoms with Crippen molar-refractivity contribution >= 4 is 17.5 Å². The van der Waals surface area contributed by atoms with Gasteiger partial charge in [0.05, 0.1) is 16.8 Å². The molecule has 1 aromatic carbocycles. The van der Waals surface area contributed by atoms with Gasteiger partial charge in [0, 0.05) is 12.1 Å². The molecule has 6 heteroatoms. The van der Waals surface area contributed by atoms with E-state index in [1.807, 2.05) is 0 Å². The Bertz CT molecular complexity index is 718. The molecule has 1 aromatic heterocycles. The predicted molar refractivity (Wildman–Crippen MR) is 95.8 cm³/mol. The first kappa shape index (κ1) is 17.7. The number of nitrogens with one attached hydrogen (secondary N) is 1. The number of carbonyl (C=O) groups excluding carboxylic acids is 1. The minimum absolute atomic E-state index is 0.103. The fraction of sp³-hybridized carbons (Fsp3) is 0.368. The Morgan fingerprint density at radius 3 is 2.76 bits per heavy atom. The first-order valence-electron chi connectivity index (χ1n) is 8.50. The summed E-state index contributed by atoms with van der Waals surface area (Å²) >= 11 is 6.15. The van der Waals surface area contributed by atoms with E-state index in [0.717, 1.165) is 25.7 Å². The average molecular weight is 361 g/mol. The molecule has 0 spiro atoms.